The molecule has 0 radical (unpaired) electrons. The van der Waals surface area contributed by atoms with Gasteiger partial charge in [-0.05, 0) is 11.8 Å². The molecule has 4 nitrogen and oxygen atoms in total. The summed E-state index contributed by atoms with van der Waals surface area (Å²) in [7, 11) is 0.750. The quantitative estimate of drug-likeness (QED) is 0.508. The molecule has 1 unspecified atom stereocenters. The topological polar surface area (TPSA) is 63.6 Å². The van der Waals surface area contributed by atoms with E-state index in [-0.39, 0.29) is 68.8 Å². The Labute approximate surface area is 141 Å². The van der Waals surface area contributed by atoms with Crippen LogP contribution < -0.4 is 56.5 Å². The largest absolute Gasteiger partial charge is 1.00 e. The molecule has 0 saturated carbocycles. The number of aliphatic hydroxyl groups is 1. The van der Waals surface area contributed by atoms with Crippen LogP contribution in [0.4, 0.5) is 0 Å². The van der Waals surface area contributed by atoms with E-state index in [0.717, 1.165) is 20.1 Å². The number of carbonyl (C=O) groups excluding carboxylic acids is 1. The molecule has 0 bridgehead atoms. The fraction of sp³-hybridized carbons (Fsp3) is 0.909. The van der Waals surface area contributed by atoms with Gasteiger partial charge in [-0.2, -0.15) is 7.11 Å². The average Bonchev–Trinajstić information content (AvgIpc) is 2.52. The Kier molecular flexibility index (Phi) is 10.9. The molecule has 1 aliphatic rings. The van der Waals surface area contributed by atoms with Crippen molar-refractivity contribution in [1.82, 2.24) is 4.90 Å². The van der Waals surface area contributed by atoms with Gasteiger partial charge in [0.05, 0.1) is 6.10 Å². The van der Waals surface area contributed by atoms with E-state index < -0.39 is 0 Å². The van der Waals surface area contributed by atoms with E-state index in [1.54, 1.807) is 4.90 Å². The first-order valence-electron chi connectivity index (χ1n) is 5.25. The van der Waals surface area contributed by atoms with Gasteiger partial charge < -0.3 is 15.1 Å². The maximum absolute atomic E-state index is 11.6. The van der Waals surface area contributed by atoms with Gasteiger partial charge in [-0.3, -0.25) is 4.79 Å². The molecule has 1 fully saturated rings. The van der Waals surface area contributed by atoms with E-state index in [1.807, 2.05) is 0 Å². The molecule has 0 aromatic rings. The van der Waals surface area contributed by atoms with Crippen molar-refractivity contribution in [2.45, 2.75) is 39.7 Å². The summed E-state index contributed by atoms with van der Waals surface area (Å²) in [6.45, 7) is 7.40. The van der Waals surface area contributed by atoms with E-state index in [2.05, 4.69) is 20.8 Å². The minimum atomic E-state index is -0.302. The fourth-order valence-electron chi connectivity index (χ4n) is 1.53. The van der Waals surface area contributed by atoms with Gasteiger partial charge >= 0.3 is 51.4 Å². The number of likely N-dealkylation sites (tertiary alicyclic amines) is 1. The second kappa shape index (κ2) is 9.02. The molecule has 1 heterocycles. The number of hydrogen-bond donors (Lipinski definition) is 1. The Morgan fingerprint density at radius 2 is 1.94 bits per heavy atom. The van der Waals surface area contributed by atoms with E-state index in [9.17, 15) is 9.90 Å². The van der Waals surface area contributed by atoms with Crippen molar-refractivity contribution < 1.29 is 66.4 Å². The van der Waals surface area contributed by atoms with Crippen LogP contribution in [-0.4, -0.2) is 42.2 Å². The summed E-state index contributed by atoms with van der Waals surface area (Å²) >= 11 is 0. The summed E-state index contributed by atoms with van der Waals surface area (Å²) < 4.78 is 0. The van der Waals surface area contributed by atoms with Gasteiger partial charge in [0.1, 0.15) is 0 Å². The van der Waals surface area contributed by atoms with Gasteiger partial charge in [0.25, 0.3) is 0 Å². The monoisotopic (exact) mass is 255 g/mol. The Morgan fingerprint density at radius 1 is 1.44 bits per heavy atom. The molecule has 1 N–H and O–H groups in total. The van der Waals surface area contributed by atoms with E-state index in [0.29, 0.717) is 13.0 Å². The molecule has 1 amide bonds. The molecular formula is C11H22KNO3. The maximum atomic E-state index is 11.6. The SMILES string of the molecule is CC(C)(C)CC(=O)N1CCC(O)C1.C[O-].[K+]. The summed E-state index contributed by atoms with van der Waals surface area (Å²) in [4.78, 5) is 13.4. The van der Waals surface area contributed by atoms with Crippen LogP contribution in [0.3, 0.4) is 0 Å². The predicted molar refractivity (Wildman–Crippen MR) is 57.2 cm³/mol. The molecule has 1 saturated heterocycles. The van der Waals surface area contributed by atoms with Gasteiger partial charge in [-0.1, -0.05) is 20.8 Å². The first-order valence-corrected chi connectivity index (χ1v) is 5.25. The summed E-state index contributed by atoms with van der Waals surface area (Å²) in [6, 6.07) is 0. The number of rotatable bonds is 1. The van der Waals surface area contributed by atoms with Crippen molar-refractivity contribution in [3.05, 3.63) is 0 Å². The Morgan fingerprint density at radius 3 is 2.25 bits per heavy atom. The minimum Gasteiger partial charge on any atom is -0.857 e. The third-order valence-electron chi connectivity index (χ3n) is 2.20. The fourth-order valence-corrected chi connectivity index (χ4v) is 1.53. The smallest absolute Gasteiger partial charge is 0.857 e. The van der Waals surface area contributed by atoms with Gasteiger partial charge in [-0.25, -0.2) is 0 Å². The van der Waals surface area contributed by atoms with Crippen LogP contribution in [0.25, 0.3) is 0 Å². The van der Waals surface area contributed by atoms with Crippen molar-refractivity contribution in [1.29, 1.82) is 0 Å². The van der Waals surface area contributed by atoms with Gasteiger partial charge in [0.15, 0.2) is 0 Å². The molecule has 1 atom stereocenters. The summed E-state index contributed by atoms with van der Waals surface area (Å²) in [6.07, 6.45) is 0.999. The van der Waals surface area contributed by atoms with Crippen molar-refractivity contribution >= 4 is 5.91 Å². The van der Waals surface area contributed by atoms with Crippen LogP contribution in [0, 0.1) is 5.41 Å². The molecule has 0 spiro atoms. The number of nitrogens with zero attached hydrogens (tertiary/aromatic N) is 1. The van der Waals surface area contributed by atoms with Crippen molar-refractivity contribution in [3.63, 3.8) is 0 Å². The molecule has 0 aliphatic carbocycles. The summed E-state index contributed by atoms with van der Waals surface area (Å²) in [5.74, 6) is 0.170. The van der Waals surface area contributed by atoms with E-state index in [4.69, 9.17) is 5.11 Å². The van der Waals surface area contributed by atoms with Gasteiger partial charge in [0.2, 0.25) is 5.91 Å². The van der Waals surface area contributed by atoms with Crippen molar-refractivity contribution in [3.8, 4) is 0 Å². The number of amides is 1. The Hall–Kier alpha value is 1.03. The predicted octanol–water partition coefficient (Wildman–Crippen LogP) is -3.00. The molecule has 16 heavy (non-hydrogen) atoms. The van der Waals surface area contributed by atoms with E-state index >= 15 is 0 Å². The average molecular weight is 255 g/mol. The number of carbonyl (C=O) groups is 1. The standard InChI is InChI=1S/C10H19NO2.CH3O.K/c1-10(2,3)6-9(13)11-5-4-8(12)7-11;1-2;/h8,12H,4-7H2,1-3H3;1H3;/q;-1;+1. The first-order chi connectivity index (χ1) is 6.88. The summed E-state index contributed by atoms with van der Waals surface area (Å²) in [5.41, 5.74) is 0.0463. The summed E-state index contributed by atoms with van der Waals surface area (Å²) in [5, 5.41) is 17.5. The van der Waals surface area contributed by atoms with Crippen LogP contribution in [0.1, 0.15) is 33.6 Å². The third-order valence-corrected chi connectivity index (χ3v) is 2.20. The number of hydrogen-bond acceptors (Lipinski definition) is 3. The molecule has 1 aliphatic heterocycles. The molecular weight excluding hydrogens is 233 g/mol. The zero-order chi connectivity index (χ0) is 12.1. The molecule has 90 valence electrons. The first kappa shape index (κ1) is 19.4. The van der Waals surface area contributed by atoms with Crippen molar-refractivity contribution in [2.75, 3.05) is 20.2 Å². The van der Waals surface area contributed by atoms with Gasteiger partial charge in [-0.15, -0.1) is 0 Å². The van der Waals surface area contributed by atoms with E-state index in [1.165, 1.54) is 0 Å². The Bertz CT molecular complexity index is 204. The van der Waals surface area contributed by atoms with Crippen molar-refractivity contribution in [2.24, 2.45) is 5.41 Å². The number of β-amino-alcohol motifs (C(OH)–C–C–N with tert-alkyl or cyclic N) is 1. The van der Waals surface area contributed by atoms with Crippen LogP contribution in [0.15, 0.2) is 0 Å². The second-order valence-corrected chi connectivity index (χ2v) is 5.02. The second-order valence-electron chi connectivity index (χ2n) is 5.02. The Balaban J connectivity index is 0. The molecule has 1 rings (SSSR count). The number of aliphatic hydroxyl groups excluding tert-OH is 1. The minimum absolute atomic E-state index is 0. The molecule has 0 aromatic carbocycles. The third kappa shape index (κ3) is 8.17. The van der Waals surface area contributed by atoms with Gasteiger partial charge in [0, 0.05) is 19.5 Å². The van der Waals surface area contributed by atoms with Crippen LogP contribution in [0.5, 0.6) is 0 Å². The van der Waals surface area contributed by atoms with Crippen LogP contribution >= 0.6 is 0 Å². The zero-order valence-electron chi connectivity index (χ0n) is 11.1. The molecule has 0 aromatic heterocycles. The van der Waals surface area contributed by atoms with Crippen LogP contribution in [-0.2, 0) is 4.79 Å². The van der Waals surface area contributed by atoms with Crippen LogP contribution in [0.2, 0.25) is 0 Å². The molecule has 5 heteroatoms. The normalized spacial score (nSPS) is 19.6. The zero-order valence-corrected chi connectivity index (χ0v) is 14.2. The maximum Gasteiger partial charge on any atom is 1.00 e.